The van der Waals surface area contributed by atoms with Crippen LogP contribution in [-0.2, 0) is 35.2 Å². The minimum Gasteiger partial charge on any atom is -0.380 e. The number of hydrogen-bond acceptors (Lipinski definition) is 5. The van der Waals surface area contributed by atoms with Crippen molar-refractivity contribution in [2.45, 2.75) is 61.5 Å². The highest BCUT2D eigenvalue weighted by Gasteiger charge is 2.56. The first-order chi connectivity index (χ1) is 16.4. The van der Waals surface area contributed by atoms with Crippen molar-refractivity contribution in [1.29, 1.82) is 0 Å². The summed E-state index contributed by atoms with van der Waals surface area (Å²) in [4.78, 5) is 11.3. The zero-order chi connectivity index (χ0) is 26.9. The molecule has 3 aliphatic rings. The standard InChI is InChI=1S/C22H23F6NO5S2/c1-20-10-9-15-14-6-4-13(35(2,31)29-19(30)21(23,24)25)11-12(14)3-5-16(15)17(20)7-8-18(20)34-36(32,33)22(26,27)28/h4,6,8,11,15-17H,3,5,7,9-10H2,1-2H3/t15?,16?,17?,20-,35?/m0/s1. The molecule has 0 saturated heterocycles. The van der Waals surface area contributed by atoms with Crippen LogP contribution in [0.1, 0.15) is 49.7 Å². The first-order valence-electron chi connectivity index (χ1n) is 11.0. The van der Waals surface area contributed by atoms with Crippen molar-refractivity contribution < 1.29 is 47.9 Å². The number of fused-ring (bicyclic) bond motifs is 5. The van der Waals surface area contributed by atoms with Gasteiger partial charge in [0.15, 0.2) is 0 Å². The molecule has 5 atom stereocenters. The number of alkyl halides is 6. The molecule has 1 saturated carbocycles. The van der Waals surface area contributed by atoms with E-state index >= 15 is 0 Å². The second kappa shape index (κ2) is 8.47. The summed E-state index contributed by atoms with van der Waals surface area (Å²) in [5, 5.41) is 0. The lowest BCUT2D eigenvalue weighted by molar-refractivity contribution is -0.169. The van der Waals surface area contributed by atoms with Crippen LogP contribution in [-0.4, -0.2) is 36.5 Å². The monoisotopic (exact) mass is 559 g/mol. The van der Waals surface area contributed by atoms with Crippen molar-refractivity contribution in [2.75, 3.05) is 6.26 Å². The van der Waals surface area contributed by atoms with Crippen LogP contribution in [0, 0.1) is 17.3 Å². The molecule has 0 bridgehead atoms. The van der Waals surface area contributed by atoms with E-state index in [9.17, 15) is 43.8 Å². The molecule has 200 valence electrons. The fourth-order valence-electron chi connectivity index (χ4n) is 5.88. The second-order valence-electron chi connectivity index (χ2n) is 9.72. The highest BCUT2D eigenvalue weighted by molar-refractivity contribution is 7.93. The minimum atomic E-state index is -5.78. The van der Waals surface area contributed by atoms with Gasteiger partial charge < -0.3 is 4.18 Å². The molecule has 1 fully saturated rings. The Kier molecular flexibility index (Phi) is 6.34. The van der Waals surface area contributed by atoms with E-state index in [1.54, 1.807) is 13.0 Å². The second-order valence-corrected chi connectivity index (χ2v) is 13.5. The van der Waals surface area contributed by atoms with Gasteiger partial charge in [0.25, 0.3) is 0 Å². The van der Waals surface area contributed by atoms with Gasteiger partial charge in [-0.3, -0.25) is 4.79 Å². The third-order valence-electron chi connectivity index (χ3n) is 7.63. The molecule has 1 amide bonds. The number of halogens is 6. The van der Waals surface area contributed by atoms with E-state index in [-0.39, 0.29) is 28.4 Å². The molecule has 0 aliphatic heterocycles. The lowest BCUT2D eigenvalue weighted by Gasteiger charge is -2.49. The Morgan fingerprint density at radius 1 is 1.11 bits per heavy atom. The Bertz CT molecular complexity index is 1360. The number of nitrogens with zero attached hydrogens (tertiary/aromatic N) is 1. The summed E-state index contributed by atoms with van der Waals surface area (Å²) in [7, 11) is -9.42. The molecule has 1 aromatic carbocycles. The molecule has 1 aromatic rings. The highest BCUT2D eigenvalue weighted by Crippen LogP contribution is 2.61. The van der Waals surface area contributed by atoms with Crippen molar-refractivity contribution in [2.24, 2.45) is 21.6 Å². The van der Waals surface area contributed by atoms with Gasteiger partial charge in [-0.25, -0.2) is 4.21 Å². The van der Waals surface area contributed by atoms with E-state index in [0.717, 1.165) is 17.4 Å². The Morgan fingerprint density at radius 2 is 1.78 bits per heavy atom. The summed E-state index contributed by atoms with van der Waals surface area (Å²) in [5.74, 6) is -2.77. The van der Waals surface area contributed by atoms with Gasteiger partial charge in [-0.15, -0.1) is 4.36 Å². The summed E-state index contributed by atoms with van der Waals surface area (Å²) in [6, 6.07) is 4.56. The zero-order valence-corrected chi connectivity index (χ0v) is 20.8. The van der Waals surface area contributed by atoms with E-state index in [2.05, 4.69) is 8.55 Å². The molecule has 0 spiro atoms. The molecule has 0 radical (unpaired) electrons. The predicted octanol–water partition coefficient (Wildman–Crippen LogP) is 5.45. The Labute approximate surface area is 204 Å². The summed E-state index contributed by atoms with van der Waals surface area (Å²) in [6.45, 7) is 1.71. The van der Waals surface area contributed by atoms with Gasteiger partial charge in [0.2, 0.25) is 0 Å². The normalized spacial score (nSPS) is 29.8. The largest absolute Gasteiger partial charge is 0.534 e. The van der Waals surface area contributed by atoms with Gasteiger partial charge in [0, 0.05) is 16.6 Å². The van der Waals surface area contributed by atoms with Crippen LogP contribution in [0.2, 0.25) is 0 Å². The Balaban J connectivity index is 1.59. The highest BCUT2D eigenvalue weighted by atomic mass is 32.2. The number of rotatable bonds is 3. The van der Waals surface area contributed by atoms with Crippen molar-refractivity contribution in [3.63, 3.8) is 0 Å². The van der Waals surface area contributed by atoms with Gasteiger partial charge in [-0.2, -0.15) is 34.8 Å². The summed E-state index contributed by atoms with van der Waals surface area (Å²) in [6.07, 6.45) is -0.526. The van der Waals surface area contributed by atoms with Gasteiger partial charge >= 0.3 is 27.7 Å². The number of carbonyl (C=O) groups excluding carboxylic acids is 1. The van der Waals surface area contributed by atoms with E-state index in [4.69, 9.17) is 0 Å². The number of benzene rings is 1. The molecular weight excluding hydrogens is 536 g/mol. The molecule has 0 heterocycles. The Morgan fingerprint density at radius 3 is 2.39 bits per heavy atom. The zero-order valence-electron chi connectivity index (χ0n) is 19.1. The Hall–Kier alpha value is -2.09. The van der Waals surface area contributed by atoms with Crippen LogP contribution in [0.3, 0.4) is 0 Å². The van der Waals surface area contributed by atoms with Crippen molar-refractivity contribution in [1.82, 2.24) is 0 Å². The van der Waals surface area contributed by atoms with Crippen LogP contribution >= 0.6 is 0 Å². The minimum absolute atomic E-state index is 0.00789. The first-order valence-corrected chi connectivity index (χ1v) is 14.4. The summed E-state index contributed by atoms with van der Waals surface area (Å²) in [5.41, 5.74) is -4.75. The number of carbonyl (C=O) groups is 1. The lowest BCUT2D eigenvalue weighted by atomic mass is 9.55. The van der Waals surface area contributed by atoms with Gasteiger partial charge in [-0.1, -0.05) is 13.0 Å². The van der Waals surface area contributed by atoms with Crippen molar-refractivity contribution >= 4 is 25.8 Å². The van der Waals surface area contributed by atoms with Crippen LogP contribution in [0.25, 0.3) is 0 Å². The third kappa shape index (κ3) is 4.54. The van der Waals surface area contributed by atoms with E-state index < -0.39 is 42.9 Å². The third-order valence-corrected chi connectivity index (χ3v) is 10.2. The molecule has 14 heteroatoms. The van der Waals surface area contributed by atoms with E-state index in [1.807, 2.05) is 0 Å². The van der Waals surface area contributed by atoms with Gasteiger partial charge in [0.1, 0.15) is 5.76 Å². The number of hydrogen-bond donors (Lipinski definition) is 0. The van der Waals surface area contributed by atoms with Gasteiger partial charge in [0.05, 0.1) is 9.73 Å². The molecule has 3 aliphatic carbocycles. The fourth-order valence-corrected chi connectivity index (χ4v) is 7.68. The fraction of sp³-hybridized carbons (Fsp3) is 0.591. The average Bonchev–Trinajstić information content (AvgIpc) is 3.07. The smallest absolute Gasteiger partial charge is 0.380 e. The molecule has 4 unspecified atom stereocenters. The van der Waals surface area contributed by atoms with Gasteiger partial charge in [-0.05, 0) is 79.2 Å². The summed E-state index contributed by atoms with van der Waals surface area (Å²) >= 11 is 0. The SMILES string of the molecule is C[C@]12CCC3c4ccc(S(C)(=O)=NC(=O)C(F)(F)F)cc4CCC3C1CC=C2OS(=O)(=O)C(F)(F)F. The van der Waals surface area contributed by atoms with E-state index in [0.29, 0.717) is 32.1 Å². The average molecular weight is 560 g/mol. The number of aryl methyl sites for hydroxylation is 1. The van der Waals surface area contributed by atoms with Crippen LogP contribution in [0.15, 0.2) is 39.3 Å². The number of amides is 1. The predicted molar refractivity (Wildman–Crippen MR) is 116 cm³/mol. The molecule has 6 nitrogen and oxygen atoms in total. The maximum atomic E-state index is 12.9. The molecule has 0 N–H and O–H groups in total. The van der Waals surface area contributed by atoms with E-state index in [1.165, 1.54) is 18.2 Å². The topological polar surface area (TPSA) is 89.9 Å². The molecule has 4 rings (SSSR count). The molecule has 36 heavy (non-hydrogen) atoms. The van der Waals surface area contributed by atoms with Crippen LogP contribution in [0.5, 0.6) is 0 Å². The van der Waals surface area contributed by atoms with Crippen molar-refractivity contribution in [3.8, 4) is 0 Å². The first kappa shape index (κ1) is 27.0. The quantitative estimate of drug-likeness (QED) is 0.279. The van der Waals surface area contributed by atoms with Crippen LogP contribution in [0.4, 0.5) is 26.3 Å². The van der Waals surface area contributed by atoms with Crippen LogP contribution < -0.4 is 0 Å². The maximum Gasteiger partial charge on any atom is 0.534 e. The molecular formula is C22H23F6NO5S2. The summed E-state index contributed by atoms with van der Waals surface area (Å²) < 4.78 is 120. The maximum absolute atomic E-state index is 12.9. The van der Waals surface area contributed by atoms with Crippen molar-refractivity contribution in [3.05, 3.63) is 41.2 Å². The number of allylic oxidation sites excluding steroid dienone is 2. The lowest BCUT2D eigenvalue weighted by Crippen LogP contribution is -2.42. The molecule has 0 aromatic heterocycles.